The van der Waals surface area contributed by atoms with E-state index in [4.69, 9.17) is 9.47 Å². The molecule has 0 fully saturated rings. The van der Waals surface area contributed by atoms with Crippen LogP contribution in [0.15, 0.2) is 65.8 Å². The van der Waals surface area contributed by atoms with Gasteiger partial charge >= 0.3 is 0 Å². The quantitative estimate of drug-likeness (QED) is 0.485. The van der Waals surface area contributed by atoms with Crippen LogP contribution in [0.4, 0.5) is 5.69 Å². The second kappa shape index (κ2) is 8.90. The molecule has 0 radical (unpaired) electrons. The number of rotatable bonds is 7. The van der Waals surface area contributed by atoms with Gasteiger partial charge in [-0.15, -0.1) is 0 Å². The van der Waals surface area contributed by atoms with Gasteiger partial charge in [-0.1, -0.05) is 36.4 Å². The molecule has 0 saturated carbocycles. The number of carbonyl (C=O) groups is 1. The van der Waals surface area contributed by atoms with Gasteiger partial charge in [0, 0.05) is 11.1 Å². The Bertz CT molecular complexity index is 996. The predicted molar refractivity (Wildman–Crippen MR) is 112 cm³/mol. The van der Waals surface area contributed by atoms with E-state index < -0.39 is 6.04 Å². The molecule has 6 heteroatoms. The van der Waals surface area contributed by atoms with Gasteiger partial charge in [0.05, 0.1) is 20.4 Å². The monoisotopic (exact) mass is 377 g/mol. The van der Waals surface area contributed by atoms with Gasteiger partial charge in [0.1, 0.15) is 6.04 Å². The second-order valence-electron chi connectivity index (χ2n) is 6.24. The first-order chi connectivity index (χ1) is 13.6. The highest BCUT2D eigenvalue weighted by molar-refractivity contribution is 5.96. The molecule has 1 atom stereocenters. The van der Waals surface area contributed by atoms with Crippen molar-refractivity contribution in [2.24, 2.45) is 5.10 Å². The molecule has 144 valence electrons. The smallest absolute Gasteiger partial charge is 0.262 e. The molecule has 3 aromatic carbocycles. The number of hydrogen-bond acceptors (Lipinski definition) is 5. The van der Waals surface area contributed by atoms with Crippen molar-refractivity contribution in [1.82, 2.24) is 5.43 Å². The standard InChI is InChI=1S/C22H23N3O3/c1-15(24-19-10-6-8-17-7-4-5-9-18(17)19)22(26)25-23-14-16-11-12-20(27-2)21(13-16)28-3/h4-15,24H,1-3H3,(H,25,26)/b23-14-/t15-/m0/s1. The Morgan fingerprint density at radius 1 is 1.00 bits per heavy atom. The Kier molecular flexibility index (Phi) is 6.11. The highest BCUT2D eigenvalue weighted by atomic mass is 16.5. The van der Waals surface area contributed by atoms with Crippen molar-refractivity contribution in [3.8, 4) is 11.5 Å². The van der Waals surface area contributed by atoms with Crippen LogP contribution in [0.5, 0.6) is 11.5 Å². The number of hydrogen-bond donors (Lipinski definition) is 2. The molecule has 2 N–H and O–H groups in total. The van der Waals surface area contributed by atoms with Crippen LogP contribution >= 0.6 is 0 Å². The maximum absolute atomic E-state index is 12.4. The number of methoxy groups -OCH3 is 2. The SMILES string of the molecule is COc1ccc(/C=N\NC(=O)[C@H](C)Nc2cccc3ccccc23)cc1OC. The van der Waals surface area contributed by atoms with E-state index in [0.717, 1.165) is 22.0 Å². The molecule has 28 heavy (non-hydrogen) atoms. The van der Waals surface area contributed by atoms with Crippen LogP contribution < -0.4 is 20.2 Å². The number of carbonyl (C=O) groups excluding carboxylic acids is 1. The molecular weight excluding hydrogens is 354 g/mol. The van der Waals surface area contributed by atoms with E-state index in [1.165, 1.54) is 0 Å². The summed E-state index contributed by atoms with van der Waals surface area (Å²) in [7, 11) is 3.15. The van der Waals surface area contributed by atoms with Gasteiger partial charge in [-0.3, -0.25) is 4.79 Å². The molecule has 0 aliphatic heterocycles. The summed E-state index contributed by atoms with van der Waals surface area (Å²) in [6.45, 7) is 1.79. The zero-order valence-corrected chi connectivity index (χ0v) is 16.1. The predicted octanol–water partition coefficient (Wildman–Crippen LogP) is 3.81. The summed E-state index contributed by atoms with van der Waals surface area (Å²) < 4.78 is 10.5. The van der Waals surface area contributed by atoms with Gasteiger partial charge in [-0.05, 0) is 42.1 Å². The summed E-state index contributed by atoms with van der Waals surface area (Å²) >= 11 is 0. The highest BCUT2D eigenvalue weighted by Crippen LogP contribution is 2.27. The first kappa shape index (κ1) is 19.2. The van der Waals surface area contributed by atoms with E-state index in [-0.39, 0.29) is 5.91 Å². The van der Waals surface area contributed by atoms with Crippen molar-refractivity contribution in [3.63, 3.8) is 0 Å². The summed E-state index contributed by atoms with van der Waals surface area (Å²) in [5, 5.41) is 9.47. The molecule has 0 aliphatic rings. The van der Waals surface area contributed by atoms with Gasteiger partial charge in [0.2, 0.25) is 0 Å². The second-order valence-corrected chi connectivity index (χ2v) is 6.24. The number of ether oxygens (including phenoxy) is 2. The number of benzene rings is 3. The van der Waals surface area contributed by atoms with Crippen LogP contribution in [0, 0.1) is 0 Å². The molecule has 0 saturated heterocycles. The lowest BCUT2D eigenvalue weighted by Crippen LogP contribution is -2.34. The van der Waals surface area contributed by atoms with Crippen LogP contribution in [0.3, 0.4) is 0 Å². The van der Waals surface area contributed by atoms with E-state index in [9.17, 15) is 4.79 Å². The molecule has 0 bridgehead atoms. The fourth-order valence-electron chi connectivity index (χ4n) is 2.85. The molecule has 3 rings (SSSR count). The Balaban J connectivity index is 1.63. The summed E-state index contributed by atoms with van der Waals surface area (Å²) in [6, 6.07) is 18.9. The fraction of sp³-hybridized carbons (Fsp3) is 0.182. The average molecular weight is 377 g/mol. The summed E-state index contributed by atoms with van der Waals surface area (Å²) in [4.78, 5) is 12.4. The largest absolute Gasteiger partial charge is 0.493 e. The molecule has 1 amide bonds. The Hall–Kier alpha value is -3.54. The normalized spacial score (nSPS) is 12.0. The van der Waals surface area contributed by atoms with Gasteiger partial charge in [-0.25, -0.2) is 5.43 Å². The van der Waals surface area contributed by atoms with Crippen molar-refractivity contribution >= 4 is 28.6 Å². The number of hydrazone groups is 1. The number of nitrogens with one attached hydrogen (secondary N) is 2. The van der Waals surface area contributed by atoms with Crippen LogP contribution in [0.25, 0.3) is 10.8 Å². The lowest BCUT2D eigenvalue weighted by atomic mass is 10.1. The number of amides is 1. The topological polar surface area (TPSA) is 72.0 Å². The number of anilines is 1. The van der Waals surface area contributed by atoms with Crippen molar-refractivity contribution in [2.45, 2.75) is 13.0 Å². The third-order valence-electron chi connectivity index (χ3n) is 4.35. The van der Waals surface area contributed by atoms with Gasteiger partial charge in [0.15, 0.2) is 11.5 Å². The highest BCUT2D eigenvalue weighted by Gasteiger charge is 2.13. The molecule has 0 aromatic heterocycles. The molecule has 0 unspecified atom stereocenters. The first-order valence-corrected chi connectivity index (χ1v) is 8.91. The third kappa shape index (κ3) is 4.40. The van der Waals surface area contributed by atoms with Crippen LogP contribution in [-0.4, -0.2) is 32.4 Å². The minimum absolute atomic E-state index is 0.232. The Labute approximate surface area is 164 Å². The van der Waals surface area contributed by atoms with Crippen molar-refractivity contribution in [2.75, 3.05) is 19.5 Å². The summed E-state index contributed by atoms with van der Waals surface area (Å²) in [5.41, 5.74) is 4.25. The number of nitrogens with zero attached hydrogens (tertiary/aromatic N) is 1. The van der Waals surface area contributed by atoms with Crippen LogP contribution in [0.1, 0.15) is 12.5 Å². The van der Waals surface area contributed by atoms with Crippen LogP contribution in [0.2, 0.25) is 0 Å². The Morgan fingerprint density at radius 2 is 1.75 bits per heavy atom. The Morgan fingerprint density at radius 3 is 2.54 bits per heavy atom. The number of fused-ring (bicyclic) bond motifs is 1. The van der Waals surface area contributed by atoms with Gasteiger partial charge in [-0.2, -0.15) is 5.10 Å². The molecule has 0 heterocycles. The van der Waals surface area contributed by atoms with E-state index in [1.807, 2.05) is 48.5 Å². The third-order valence-corrected chi connectivity index (χ3v) is 4.35. The fourth-order valence-corrected chi connectivity index (χ4v) is 2.85. The van der Waals surface area contributed by atoms with E-state index in [0.29, 0.717) is 11.5 Å². The van der Waals surface area contributed by atoms with E-state index in [2.05, 4.69) is 15.8 Å². The zero-order chi connectivity index (χ0) is 19.9. The van der Waals surface area contributed by atoms with Crippen molar-refractivity contribution in [1.29, 1.82) is 0 Å². The van der Waals surface area contributed by atoms with Crippen molar-refractivity contribution < 1.29 is 14.3 Å². The molecule has 0 spiro atoms. The van der Waals surface area contributed by atoms with E-state index in [1.54, 1.807) is 39.5 Å². The average Bonchev–Trinajstić information content (AvgIpc) is 2.73. The molecule has 0 aliphatic carbocycles. The summed E-state index contributed by atoms with van der Waals surface area (Å²) in [5.74, 6) is 1.00. The van der Waals surface area contributed by atoms with Crippen molar-refractivity contribution in [3.05, 3.63) is 66.2 Å². The molecule has 6 nitrogen and oxygen atoms in total. The lowest BCUT2D eigenvalue weighted by molar-refractivity contribution is -0.121. The van der Waals surface area contributed by atoms with E-state index >= 15 is 0 Å². The molecule has 3 aromatic rings. The summed E-state index contributed by atoms with van der Waals surface area (Å²) in [6.07, 6.45) is 1.56. The van der Waals surface area contributed by atoms with Crippen LogP contribution in [-0.2, 0) is 4.79 Å². The maximum Gasteiger partial charge on any atom is 0.262 e. The van der Waals surface area contributed by atoms with Gasteiger partial charge < -0.3 is 14.8 Å². The maximum atomic E-state index is 12.4. The van der Waals surface area contributed by atoms with Gasteiger partial charge in [0.25, 0.3) is 5.91 Å². The molecular formula is C22H23N3O3. The minimum Gasteiger partial charge on any atom is -0.493 e. The minimum atomic E-state index is -0.451. The lowest BCUT2D eigenvalue weighted by Gasteiger charge is -2.15. The first-order valence-electron chi connectivity index (χ1n) is 8.91. The zero-order valence-electron chi connectivity index (χ0n) is 16.1.